The average molecular weight is 322 g/mol. The summed E-state index contributed by atoms with van der Waals surface area (Å²) in [5.74, 6) is 0. The Morgan fingerprint density at radius 1 is 1.14 bits per heavy atom. The van der Waals surface area contributed by atoms with Crippen LogP contribution in [0.15, 0.2) is 18.2 Å². The van der Waals surface area contributed by atoms with Gasteiger partial charge in [0.05, 0.1) is 11.2 Å². The quantitative estimate of drug-likeness (QED) is 0.779. The largest absolute Gasteiger partial charge is 0.418 e. The topological polar surface area (TPSA) is 32.3 Å². The molecule has 21 heavy (non-hydrogen) atoms. The molecule has 1 saturated carbocycles. The number of benzene rings is 1. The number of halogens is 4. The van der Waals surface area contributed by atoms with Crippen LogP contribution in [0.5, 0.6) is 0 Å². The number of anilines is 1. The molecule has 0 unspecified atom stereocenters. The van der Waals surface area contributed by atoms with Gasteiger partial charge in [0.15, 0.2) is 0 Å². The van der Waals surface area contributed by atoms with Crippen LogP contribution in [0, 0.1) is 0 Å². The van der Waals surface area contributed by atoms with E-state index in [1.807, 2.05) is 0 Å². The first kappa shape index (κ1) is 16.4. The summed E-state index contributed by atoms with van der Waals surface area (Å²) < 4.78 is 39.0. The van der Waals surface area contributed by atoms with Gasteiger partial charge in [0.25, 0.3) is 0 Å². The fourth-order valence-electron chi connectivity index (χ4n) is 2.73. The Kier molecular flexibility index (Phi) is 5.04. The van der Waals surface area contributed by atoms with E-state index in [2.05, 4.69) is 5.32 Å². The van der Waals surface area contributed by atoms with Gasteiger partial charge in [0.2, 0.25) is 0 Å². The van der Waals surface area contributed by atoms with Crippen molar-refractivity contribution in [3.63, 3.8) is 0 Å². The summed E-state index contributed by atoms with van der Waals surface area (Å²) in [5, 5.41) is 13.3. The molecule has 0 aromatic heterocycles. The zero-order chi connectivity index (χ0) is 15.5. The third kappa shape index (κ3) is 4.51. The van der Waals surface area contributed by atoms with Crippen LogP contribution in [-0.2, 0) is 6.18 Å². The molecule has 1 aliphatic carbocycles. The van der Waals surface area contributed by atoms with E-state index < -0.39 is 17.3 Å². The molecule has 2 N–H and O–H groups in total. The van der Waals surface area contributed by atoms with E-state index in [9.17, 15) is 18.3 Å². The smallest absolute Gasteiger partial charge is 0.388 e. The van der Waals surface area contributed by atoms with Gasteiger partial charge in [-0.05, 0) is 31.0 Å². The maximum atomic E-state index is 13.0. The van der Waals surface area contributed by atoms with Crippen LogP contribution in [-0.4, -0.2) is 17.3 Å². The molecule has 6 heteroatoms. The molecule has 0 saturated heterocycles. The molecular weight excluding hydrogens is 303 g/mol. The van der Waals surface area contributed by atoms with Gasteiger partial charge in [-0.2, -0.15) is 13.2 Å². The van der Waals surface area contributed by atoms with Crippen molar-refractivity contribution in [2.45, 2.75) is 50.3 Å². The summed E-state index contributed by atoms with van der Waals surface area (Å²) in [6.45, 7) is 0.123. The molecule has 1 aromatic carbocycles. The Morgan fingerprint density at radius 3 is 2.33 bits per heavy atom. The number of hydrogen-bond acceptors (Lipinski definition) is 2. The predicted molar refractivity (Wildman–Crippen MR) is 77.6 cm³/mol. The van der Waals surface area contributed by atoms with E-state index in [4.69, 9.17) is 11.6 Å². The predicted octanol–water partition coefficient (Wildman–Crippen LogP) is 4.86. The van der Waals surface area contributed by atoms with Gasteiger partial charge in [-0.3, -0.25) is 0 Å². The Labute approximate surface area is 127 Å². The fraction of sp³-hybridized carbons (Fsp3) is 0.600. The second kappa shape index (κ2) is 6.44. The Morgan fingerprint density at radius 2 is 1.76 bits per heavy atom. The van der Waals surface area contributed by atoms with Crippen LogP contribution in [0.1, 0.15) is 44.1 Å². The molecule has 0 atom stereocenters. The van der Waals surface area contributed by atoms with Crippen LogP contribution >= 0.6 is 11.6 Å². The molecule has 0 heterocycles. The standard InChI is InChI=1S/C15H19ClF3NO/c16-11-5-6-13(12(9-11)15(17,18)19)20-10-14(21)7-3-1-2-4-8-14/h5-6,9,20-21H,1-4,7-8,10H2. The number of rotatable bonds is 3. The molecule has 2 rings (SSSR count). The Balaban J connectivity index is 2.12. The normalized spacial score (nSPS) is 19.1. The summed E-state index contributed by atoms with van der Waals surface area (Å²) in [6, 6.07) is 3.63. The summed E-state index contributed by atoms with van der Waals surface area (Å²) in [4.78, 5) is 0. The lowest BCUT2D eigenvalue weighted by atomic mass is 9.94. The Bertz CT molecular complexity index is 482. The first-order valence-electron chi connectivity index (χ1n) is 7.13. The van der Waals surface area contributed by atoms with Crippen molar-refractivity contribution in [1.29, 1.82) is 0 Å². The van der Waals surface area contributed by atoms with E-state index in [0.29, 0.717) is 12.8 Å². The van der Waals surface area contributed by atoms with Crippen molar-refractivity contribution in [2.24, 2.45) is 0 Å². The highest BCUT2D eigenvalue weighted by Gasteiger charge is 2.35. The van der Waals surface area contributed by atoms with E-state index in [0.717, 1.165) is 31.7 Å². The number of nitrogens with one attached hydrogen (secondary N) is 1. The molecule has 118 valence electrons. The van der Waals surface area contributed by atoms with Crippen molar-refractivity contribution < 1.29 is 18.3 Å². The van der Waals surface area contributed by atoms with Gasteiger partial charge in [0.1, 0.15) is 0 Å². The number of aliphatic hydroxyl groups is 1. The molecule has 1 fully saturated rings. The van der Waals surface area contributed by atoms with Gasteiger partial charge in [-0.1, -0.05) is 37.3 Å². The molecule has 1 aliphatic rings. The van der Waals surface area contributed by atoms with Crippen molar-refractivity contribution in [3.05, 3.63) is 28.8 Å². The van der Waals surface area contributed by atoms with Gasteiger partial charge >= 0.3 is 6.18 Å². The van der Waals surface area contributed by atoms with Crippen molar-refractivity contribution in [1.82, 2.24) is 0 Å². The minimum Gasteiger partial charge on any atom is -0.388 e. The monoisotopic (exact) mass is 321 g/mol. The van der Waals surface area contributed by atoms with Crippen molar-refractivity contribution in [2.75, 3.05) is 11.9 Å². The molecule has 0 bridgehead atoms. The first-order valence-corrected chi connectivity index (χ1v) is 7.51. The maximum absolute atomic E-state index is 13.0. The summed E-state index contributed by atoms with van der Waals surface area (Å²) in [7, 11) is 0. The molecule has 0 amide bonds. The van der Waals surface area contributed by atoms with Crippen LogP contribution in [0.2, 0.25) is 5.02 Å². The van der Waals surface area contributed by atoms with Crippen molar-refractivity contribution in [3.8, 4) is 0 Å². The highest BCUT2D eigenvalue weighted by molar-refractivity contribution is 6.30. The lowest BCUT2D eigenvalue weighted by Gasteiger charge is -2.28. The zero-order valence-corrected chi connectivity index (χ0v) is 12.4. The second-order valence-corrected chi connectivity index (χ2v) is 6.12. The molecular formula is C15H19ClF3NO. The number of hydrogen-bond donors (Lipinski definition) is 2. The minimum atomic E-state index is -4.47. The Hall–Kier alpha value is -0.940. The van der Waals surface area contributed by atoms with Gasteiger partial charge in [0, 0.05) is 17.3 Å². The third-order valence-corrected chi connectivity index (χ3v) is 4.16. The van der Waals surface area contributed by atoms with Gasteiger partial charge in [-0.15, -0.1) is 0 Å². The molecule has 0 radical (unpaired) electrons. The van der Waals surface area contributed by atoms with E-state index in [1.165, 1.54) is 12.1 Å². The number of alkyl halides is 3. The lowest BCUT2D eigenvalue weighted by molar-refractivity contribution is -0.137. The van der Waals surface area contributed by atoms with Gasteiger partial charge in [-0.25, -0.2) is 0 Å². The van der Waals surface area contributed by atoms with E-state index in [-0.39, 0.29) is 17.3 Å². The molecule has 0 aliphatic heterocycles. The third-order valence-electron chi connectivity index (χ3n) is 3.93. The van der Waals surface area contributed by atoms with Crippen LogP contribution < -0.4 is 5.32 Å². The fourth-order valence-corrected chi connectivity index (χ4v) is 2.90. The van der Waals surface area contributed by atoms with Gasteiger partial charge < -0.3 is 10.4 Å². The second-order valence-electron chi connectivity index (χ2n) is 5.68. The lowest BCUT2D eigenvalue weighted by Crippen LogP contribution is -2.36. The van der Waals surface area contributed by atoms with E-state index in [1.54, 1.807) is 0 Å². The first-order chi connectivity index (χ1) is 9.80. The average Bonchev–Trinajstić information content (AvgIpc) is 2.62. The summed E-state index contributed by atoms with van der Waals surface area (Å²) in [6.07, 6.45) is 0.715. The van der Waals surface area contributed by atoms with E-state index >= 15 is 0 Å². The zero-order valence-electron chi connectivity index (χ0n) is 11.6. The molecule has 1 aromatic rings. The van der Waals surface area contributed by atoms with Crippen LogP contribution in [0.3, 0.4) is 0 Å². The SMILES string of the molecule is OC1(CNc2ccc(Cl)cc2C(F)(F)F)CCCCCC1. The highest BCUT2D eigenvalue weighted by atomic mass is 35.5. The highest BCUT2D eigenvalue weighted by Crippen LogP contribution is 2.37. The van der Waals surface area contributed by atoms with Crippen LogP contribution in [0.25, 0.3) is 0 Å². The maximum Gasteiger partial charge on any atom is 0.418 e. The minimum absolute atomic E-state index is 0.0374. The van der Waals surface area contributed by atoms with Crippen LogP contribution in [0.4, 0.5) is 18.9 Å². The summed E-state index contributed by atoms with van der Waals surface area (Å²) >= 11 is 5.64. The molecule has 2 nitrogen and oxygen atoms in total. The van der Waals surface area contributed by atoms with Crippen molar-refractivity contribution >= 4 is 17.3 Å². The molecule has 0 spiro atoms. The summed E-state index contributed by atoms with van der Waals surface area (Å²) in [5.41, 5.74) is -1.77.